The van der Waals surface area contributed by atoms with Crippen LogP contribution in [0.3, 0.4) is 0 Å². The van der Waals surface area contributed by atoms with Crippen LogP contribution in [0.2, 0.25) is 0 Å². The second-order valence-corrected chi connectivity index (χ2v) is 7.27. The van der Waals surface area contributed by atoms with Gasteiger partial charge in [0.05, 0.1) is 4.88 Å². The summed E-state index contributed by atoms with van der Waals surface area (Å²) in [5, 5.41) is 2.07. The lowest BCUT2D eigenvalue weighted by molar-refractivity contribution is 0.304. The Kier molecular flexibility index (Phi) is 5.85. The van der Waals surface area contributed by atoms with Crippen molar-refractivity contribution in [1.29, 1.82) is 0 Å². The summed E-state index contributed by atoms with van der Waals surface area (Å²) in [5.74, 6) is 0.990. The number of halogens is 1. The Morgan fingerprint density at radius 2 is 1.95 bits per heavy atom. The lowest BCUT2D eigenvalue weighted by Crippen LogP contribution is -2.21. The molecule has 0 saturated heterocycles. The lowest BCUT2D eigenvalue weighted by Gasteiger charge is -2.15. The molecule has 2 rings (SSSR count). The van der Waals surface area contributed by atoms with E-state index in [0.717, 1.165) is 23.1 Å². The monoisotopic (exact) mass is 367 g/mol. The van der Waals surface area contributed by atoms with Gasteiger partial charge in [-0.15, -0.1) is 11.3 Å². The van der Waals surface area contributed by atoms with Crippen molar-refractivity contribution in [3.63, 3.8) is 0 Å². The van der Waals surface area contributed by atoms with E-state index in [1.807, 2.05) is 0 Å². The van der Waals surface area contributed by atoms with Gasteiger partial charge in [0.25, 0.3) is 0 Å². The molecule has 2 N–H and O–H groups in total. The van der Waals surface area contributed by atoms with Crippen LogP contribution in [0.1, 0.15) is 34.9 Å². The van der Waals surface area contributed by atoms with Crippen molar-refractivity contribution < 1.29 is 4.74 Å². The average molecular weight is 368 g/mol. The summed E-state index contributed by atoms with van der Waals surface area (Å²) in [6, 6.07) is 6.68. The molecule has 1 heterocycles. The van der Waals surface area contributed by atoms with E-state index < -0.39 is 0 Å². The van der Waals surface area contributed by atoms with Crippen LogP contribution in [0.25, 0.3) is 0 Å². The molecule has 0 amide bonds. The first kappa shape index (κ1) is 16.5. The van der Waals surface area contributed by atoms with Crippen LogP contribution in [0.15, 0.2) is 28.1 Å². The van der Waals surface area contributed by atoms with Crippen molar-refractivity contribution >= 4 is 27.3 Å². The van der Waals surface area contributed by atoms with Crippen LogP contribution in [-0.4, -0.2) is 6.04 Å². The summed E-state index contributed by atoms with van der Waals surface area (Å²) in [6.07, 6.45) is 1.93. The molecule has 4 heteroatoms. The molecule has 0 bridgehead atoms. The van der Waals surface area contributed by atoms with E-state index in [2.05, 4.69) is 60.3 Å². The van der Waals surface area contributed by atoms with Gasteiger partial charge in [-0.3, -0.25) is 0 Å². The van der Waals surface area contributed by atoms with E-state index in [-0.39, 0.29) is 6.04 Å². The highest BCUT2D eigenvalue weighted by molar-refractivity contribution is 9.10. The highest BCUT2D eigenvalue weighted by Crippen LogP contribution is 2.29. The maximum absolute atomic E-state index is 6.05. The number of aryl methyl sites for hydroxylation is 2. The molecule has 0 spiro atoms. The largest absolute Gasteiger partial charge is 0.487 e. The van der Waals surface area contributed by atoms with Crippen molar-refractivity contribution in [3.05, 3.63) is 49.6 Å². The number of hydrogen-bond acceptors (Lipinski definition) is 3. The van der Waals surface area contributed by atoms with E-state index in [4.69, 9.17) is 10.5 Å². The Hall–Kier alpha value is -0.840. The summed E-state index contributed by atoms with van der Waals surface area (Å²) in [4.78, 5) is 1.21. The van der Waals surface area contributed by atoms with Crippen molar-refractivity contribution in [2.24, 2.45) is 5.73 Å². The lowest BCUT2D eigenvalue weighted by atomic mass is 9.99. The number of nitrogens with two attached hydrogens (primary N) is 1. The molecule has 0 aliphatic heterocycles. The van der Waals surface area contributed by atoms with Gasteiger partial charge in [0.1, 0.15) is 12.4 Å². The molecule has 0 aliphatic carbocycles. The SMILES string of the molecule is CCC(N)Cc1cc(C)c(OCc2sccc2Br)c(C)c1. The zero-order valence-electron chi connectivity index (χ0n) is 12.8. The highest BCUT2D eigenvalue weighted by Gasteiger charge is 2.10. The number of thiophene rings is 1. The van der Waals surface area contributed by atoms with Crippen LogP contribution in [0.4, 0.5) is 0 Å². The molecule has 1 aromatic heterocycles. The fraction of sp³-hybridized carbons (Fsp3) is 0.412. The van der Waals surface area contributed by atoms with Gasteiger partial charge in [-0.05, 0) is 70.8 Å². The first-order valence-electron chi connectivity index (χ1n) is 7.21. The van der Waals surface area contributed by atoms with Gasteiger partial charge in [-0.1, -0.05) is 19.1 Å². The van der Waals surface area contributed by atoms with Crippen molar-refractivity contribution in [2.75, 3.05) is 0 Å². The fourth-order valence-electron chi connectivity index (χ4n) is 2.40. The Bertz CT molecular complexity index is 586. The van der Waals surface area contributed by atoms with Gasteiger partial charge in [0.2, 0.25) is 0 Å². The quantitative estimate of drug-likeness (QED) is 0.780. The Labute approximate surface area is 139 Å². The topological polar surface area (TPSA) is 35.2 Å². The Morgan fingerprint density at radius 1 is 1.29 bits per heavy atom. The summed E-state index contributed by atoms with van der Waals surface area (Å²) >= 11 is 5.25. The van der Waals surface area contributed by atoms with E-state index in [0.29, 0.717) is 6.61 Å². The maximum Gasteiger partial charge on any atom is 0.125 e. The van der Waals surface area contributed by atoms with Gasteiger partial charge in [0.15, 0.2) is 0 Å². The minimum absolute atomic E-state index is 0.234. The minimum Gasteiger partial charge on any atom is -0.487 e. The number of rotatable bonds is 6. The summed E-state index contributed by atoms with van der Waals surface area (Å²) in [6.45, 7) is 6.94. The zero-order chi connectivity index (χ0) is 15.4. The first-order valence-corrected chi connectivity index (χ1v) is 8.89. The summed E-state index contributed by atoms with van der Waals surface area (Å²) in [7, 11) is 0. The second-order valence-electron chi connectivity index (χ2n) is 5.41. The van der Waals surface area contributed by atoms with Gasteiger partial charge in [0, 0.05) is 10.5 Å². The van der Waals surface area contributed by atoms with Gasteiger partial charge >= 0.3 is 0 Å². The van der Waals surface area contributed by atoms with Crippen LogP contribution in [0, 0.1) is 13.8 Å². The first-order chi connectivity index (χ1) is 10.0. The number of benzene rings is 1. The van der Waals surface area contributed by atoms with E-state index in [1.54, 1.807) is 11.3 Å². The third kappa shape index (κ3) is 4.31. The summed E-state index contributed by atoms with van der Waals surface area (Å²) < 4.78 is 7.15. The summed E-state index contributed by atoms with van der Waals surface area (Å²) in [5.41, 5.74) is 9.71. The molecular weight excluding hydrogens is 346 g/mol. The van der Waals surface area contributed by atoms with E-state index >= 15 is 0 Å². The van der Waals surface area contributed by atoms with Gasteiger partial charge < -0.3 is 10.5 Å². The maximum atomic E-state index is 6.05. The van der Waals surface area contributed by atoms with E-state index in [9.17, 15) is 0 Å². The highest BCUT2D eigenvalue weighted by atomic mass is 79.9. The van der Waals surface area contributed by atoms with Crippen LogP contribution < -0.4 is 10.5 Å². The van der Waals surface area contributed by atoms with Crippen LogP contribution >= 0.6 is 27.3 Å². The molecule has 0 radical (unpaired) electrons. The zero-order valence-corrected chi connectivity index (χ0v) is 15.2. The molecule has 2 aromatic rings. The molecular formula is C17H22BrNOS. The Balaban J connectivity index is 2.11. The number of hydrogen-bond donors (Lipinski definition) is 1. The van der Waals surface area contributed by atoms with Crippen molar-refractivity contribution in [3.8, 4) is 5.75 Å². The predicted molar refractivity (Wildman–Crippen MR) is 94.2 cm³/mol. The smallest absolute Gasteiger partial charge is 0.125 e. The Morgan fingerprint density at radius 3 is 2.48 bits per heavy atom. The molecule has 2 nitrogen and oxygen atoms in total. The second kappa shape index (κ2) is 7.43. The van der Waals surface area contributed by atoms with Crippen LogP contribution in [-0.2, 0) is 13.0 Å². The molecule has 0 fully saturated rings. The molecule has 1 atom stereocenters. The van der Waals surface area contributed by atoms with E-state index in [1.165, 1.54) is 21.6 Å². The molecule has 0 aliphatic rings. The predicted octanol–water partition coefficient (Wildman–Crippen LogP) is 4.99. The molecule has 114 valence electrons. The van der Waals surface area contributed by atoms with Crippen molar-refractivity contribution in [2.45, 2.75) is 46.3 Å². The minimum atomic E-state index is 0.234. The third-order valence-electron chi connectivity index (χ3n) is 3.58. The van der Waals surface area contributed by atoms with Crippen LogP contribution in [0.5, 0.6) is 5.75 Å². The third-order valence-corrected chi connectivity index (χ3v) is 5.48. The van der Waals surface area contributed by atoms with Gasteiger partial charge in [-0.2, -0.15) is 0 Å². The molecule has 0 saturated carbocycles. The average Bonchev–Trinajstić information content (AvgIpc) is 2.83. The van der Waals surface area contributed by atoms with Gasteiger partial charge in [-0.25, -0.2) is 0 Å². The number of ether oxygens (including phenoxy) is 1. The van der Waals surface area contributed by atoms with Crippen molar-refractivity contribution in [1.82, 2.24) is 0 Å². The fourth-order valence-corrected chi connectivity index (χ4v) is 3.78. The molecule has 1 unspecified atom stereocenters. The standard InChI is InChI=1S/C17H22BrNOS/c1-4-14(19)9-13-7-11(2)17(12(3)8-13)20-10-16-15(18)5-6-21-16/h5-8,14H,4,9-10,19H2,1-3H3. The normalized spacial score (nSPS) is 12.4. The molecule has 21 heavy (non-hydrogen) atoms. The molecule has 1 aromatic carbocycles.